The van der Waals surface area contributed by atoms with Crippen molar-refractivity contribution in [3.63, 3.8) is 0 Å². The van der Waals surface area contributed by atoms with Crippen molar-refractivity contribution >= 4 is 29.3 Å². The number of hydrogen-bond donors (Lipinski definition) is 2. The van der Waals surface area contributed by atoms with Crippen LogP contribution in [0.5, 0.6) is 0 Å². The number of anilines is 1. The smallest absolute Gasteiger partial charge is 0.246 e. The Balaban J connectivity index is 1.23. The molecule has 4 heterocycles. The molecule has 2 amide bonds. The predicted molar refractivity (Wildman–Crippen MR) is 105 cm³/mol. The highest BCUT2D eigenvalue weighted by molar-refractivity contribution is 5.94. The molecule has 7 heteroatoms. The van der Waals surface area contributed by atoms with Crippen LogP contribution in [-0.4, -0.2) is 45.0 Å². The Hall–Kier alpha value is -3.22. The molecular weight excluding hydrogens is 354 g/mol. The van der Waals surface area contributed by atoms with E-state index in [2.05, 4.69) is 26.6 Å². The number of H-pyrrole nitrogens is 1. The van der Waals surface area contributed by atoms with Gasteiger partial charge in [-0.1, -0.05) is 6.08 Å². The summed E-state index contributed by atoms with van der Waals surface area (Å²) in [5.41, 5.74) is 4.38. The molecule has 0 saturated carbocycles. The first kappa shape index (κ1) is 16.9. The largest absolute Gasteiger partial charge is 0.338 e. The summed E-state index contributed by atoms with van der Waals surface area (Å²) in [5, 5.41) is 9.66. The molecule has 2 aromatic rings. The van der Waals surface area contributed by atoms with E-state index in [1.165, 1.54) is 5.57 Å². The quantitative estimate of drug-likeness (QED) is 0.805. The fourth-order valence-electron chi connectivity index (χ4n) is 4.37. The highest BCUT2D eigenvalue weighted by Gasteiger charge is 2.37. The average Bonchev–Trinajstić information content (AvgIpc) is 3.41. The van der Waals surface area contributed by atoms with Crippen molar-refractivity contribution in [2.45, 2.75) is 19.3 Å². The van der Waals surface area contributed by atoms with Gasteiger partial charge in [-0.25, -0.2) is 4.98 Å². The molecule has 0 aromatic carbocycles. The standard InChI is InChI=1S/C21H21N5O2/c27-19-3-2-14-5-13(8-22-21(14)25-19)1-4-20(28)26-11-16-6-15(7-17(16)12-26)18-9-23-24-10-18/h1,4-6,8-10,16-17H,2-3,7,11-12H2,(H,23,24)(H,22,25,27)/b4-1+. The number of carbonyl (C=O) groups excluding carboxylic acids is 2. The summed E-state index contributed by atoms with van der Waals surface area (Å²) in [6.45, 7) is 1.56. The number of pyridine rings is 1. The maximum Gasteiger partial charge on any atom is 0.246 e. The van der Waals surface area contributed by atoms with Crippen LogP contribution in [0, 0.1) is 11.8 Å². The number of rotatable bonds is 3. The minimum Gasteiger partial charge on any atom is -0.338 e. The third kappa shape index (κ3) is 3.13. The molecule has 7 nitrogen and oxygen atoms in total. The molecule has 1 fully saturated rings. The van der Waals surface area contributed by atoms with Crippen molar-refractivity contribution in [1.82, 2.24) is 20.1 Å². The SMILES string of the molecule is O=C1CCc2cc(/C=C/C(=O)N3CC4C=C(c5cn[nH]c5)CC4C3)cnc2N1. The van der Waals surface area contributed by atoms with Gasteiger partial charge in [-0.3, -0.25) is 14.7 Å². The van der Waals surface area contributed by atoms with Gasteiger partial charge >= 0.3 is 0 Å². The molecule has 5 rings (SSSR count). The van der Waals surface area contributed by atoms with Gasteiger partial charge in [0.15, 0.2) is 0 Å². The van der Waals surface area contributed by atoms with Crippen LogP contribution >= 0.6 is 0 Å². The number of hydrogen-bond acceptors (Lipinski definition) is 4. The number of carbonyl (C=O) groups is 2. The average molecular weight is 375 g/mol. The van der Waals surface area contributed by atoms with Gasteiger partial charge in [0, 0.05) is 43.5 Å². The summed E-state index contributed by atoms with van der Waals surface area (Å²) in [5.74, 6) is 1.60. The van der Waals surface area contributed by atoms with E-state index in [9.17, 15) is 9.59 Å². The minimum atomic E-state index is 0.00280. The van der Waals surface area contributed by atoms with Crippen LogP contribution < -0.4 is 5.32 Å². The summed E-state index contributed by atoms with van der Waals surface area (Å²) in [4.78, 5) is 30.3. The lowest BCUT2D eigenvalue weighted by Crippen LogP contribution is -2.27. The number of aromatic amines is 1. The van der Waals surface area contributed by atoms with Crippen molar-refractivity contribution in [1.29, 1.82) is 0 Å². The number of nitrogens with one attached hydrogen (secondary N) is 2. The van der Waals surface area contributed by atoms with Gasteiger partial charge in [-0.05, 0) is 53.5 Å². The molecule has 2 unspecified atom stereocenters. The molecule has 2 atom stereocenters. The van der Waals surface area contributed by atoms with E-state index in [0.29, 0.717) is 30.5 Å². The second-order valence-corrected chi connectivity index (χ2v) is 7.71. The zero-order valence-corrected chi connectivity index (χ0v) is 15.4. The molecule has 1 aliphatic carbocycles. The number of fused-ring (bicyclic) bond motifs is 2. The molecular formula is C21H21N5O2. The van der Waals surface area contributed by atoms with Gasteiger partial charge < -0.3 is 10.2 Å². The van der Waals surface area contributed by atoms with E-state index in [-0.39, 0.29) is 11.8 Å². The highest BCUT2D eigenvalue weighted by atomic mass is 16.2. The molecule has 142 valence electrons. The number of amides is 2. The second kappa shape index (κ2) is 6.74. The molecule has 3 aliphatic rings. The van der Waals surface area contributed by atoms with E-state index >= 15 is 0 Å². The molecule has 2 aliphatic heterocycles. The molecule has 1 saturated heterocycles. The zero-order chi connectivity index (χ0) is 19.1. The van der Waals surface area contributed by atoms with Crippen LogP contribution in [0.15, 0.2) is 36.8 Å². The van der Waals surface area contributed by atoms with Gasteiger partial charge in [0.05, 0.1) is 6.20 Å². The summed E-state index contributed by atoms with van der Waals surface area (Å²) in [6.07, 6.45) is 13.4. The number of allylic oxidation sites excluding steroid dienone is 1. The van der Waals surface area contributed by atoms with Gasteiger partial charge in [-0.15, -0.1) is 0 Å². The summed E-state index contributed by atoms with van der Waals surface area (Å²) < 4.78 is 0. The fourth-order valence-corrected chi connectivity index (χ4v) is 4.37. The maximum atomic E-state index is 12.6. The fraction of sp³-hybridized carbons (Fsp3) is 0.333. The van der Waals surface area contributed by atoms with Crippen molar-refractivity contribution in [3.8, 4) is 0 Å². The Morgan fingerprint density at radius 2 is 2.18 bits per heavy atom. The van der Waals surface area contributed by atoms with E-state index in [1.54, 1.807) is 12.3 Å². The zero-order valence-electron chi connectivity index (χ0n) is 15.4. The van der Waals surface area contributed by atoms with Gasteiger partial charge in [0.2, 0.25) is 11.8 Å². The van der Waals surface area contributed by atoms with Crippen LogP contribution in [0.3, 0.4) is 0 Å². The Kier molecular flexibility index (Phi) is 4.07. The van der Waals surface area contributed by atoms with Gasteiger partial charge in [0.1, 0.15) is 5.82 Å². The number of aryl methyl sites for hydroxylation is 1. The molecule has 0 spiro atoms. The topological polar surface area (TPSA) is 91.0 Å². The number of nitrogens with zero attached hydrogens (tertiary/aromatic N) is 3. The Morgan fingerprint density at radius 1 is 1.25 bits per heavy atom. The first-order chi connectivity index (χ1) is 13.7. The molecule has 2 N–H and O–H groups in total. The van der Waals surface area contributed by atoms with Gasteiger partial charge in [-0.2, -0.15) is 5.10 Å². The number of aromatic nitrogens is 3. The lowest BCUT2D eigenvalue weighted by atomic mass is 9.99. The Labute approximate surface area is 162 Å². The molecule has 28 heavy (non-hydrogen) atoms. The van der Waals surface area contributed by atoms with Crippen LogP contribution in [-0.2, 0) is 16.0 Å². The lowest BCUT2D eigenvalue weighted by molar-refractivity contribution is -0.125. The monoisotopic (exact) mass is 375 g/mol. The van der Waals surface area contributed by atoms with E-state index in [1.807, 2.05) is 29.4 Å². The van der Waals surface area contributed by atoms with E-state index in [0.717, 1.165) is 36.2 Å². The Morgan fingerprint density at radius 3 is 3.00 bits per heavy atom. The predicted octanol–water partition coefficient (Wildman–Crippen LogP) is 2.26. The van der Waals surface area contributed by atoms with Crippen LogP contribution in [0.1, 0.15) is 29.5 Å². The molecule has 2 aromatic heterocycles. The normalized spacial score (nSPS) is 23.5. The van der Waals surface area contributed by atoms with E-state index in [4.69, 9.17) is 0 Å². The summed E-state index contributed by atoms with van der Waals surface area (Å²) >= 11 is 0. The van der Waals surface area contributed by atoms with Crippen molar-refractivity contribution in [2.75, 3.05) is 18.4 Å². The van der Waals surface area contributed by atoms with Crippen LogP contribution in [0.25, 0.3) is 11.6 Å². The number of likely N-dealkylation sites (tertiary alicyclic amines) is 1. The maximum absolute atomic E-state index is 12.6. The third-order valence-corrected chi connectivity index (χ3v) is 5.86. The lowest BCUT2D eigenvalue weighted by Gasteiger charge is -2.16. The van der Waals surface area contributed by atoms with Crippen molar-refractivity contribution < 1.29 is 9.59 Å². The highest BCUT2D eigenvalue weighted by Crippen LogP contribution is 2.40. The van der Waals surface area contributed by atoms with Crippen molar-refractivity contribution in [2.24, 2.45) is 11.8 Å². The van der Waals surface area contributed by atoms with Crippen molar-refractivity contribution in [3.05, 3.63) is 53.5 Å². The third-order valence-electron chi connectivity index (χ3n) is 5.86. The second-order valence-electron chi connectivity index (χ2n) is 7.71. The molecule has 0 bridgehead atoms. The summed E-state index contributed by atoms with van der Waals surface area (Å²) in [7, 11) is 0. The Bertz CT molecular complexity index is 992. The molecule has 0 radical (unpaired) electrons. The minimum absolute atomic E-state index is 0.00280. The van der Waals surface area contributed by atoms with Crippen LogP contribution in [0.2, 0.25) is 0 Å². The van der Waals surface area contributed by atoms with Crippen LogP contribution in [0.4, 0.5) is 5.82 Å². The first-order valence-electron chi connectivity index (χ1n) is 9.61. The first-order valence-corrected chi connectivity index (χ1v) is 9.61. The summed E-state index contributed by atoms with van der Waals surface area (Å²) in [6, 6.07) is 1.99. The van der Waals surface area contributed by atoms with Gasteiger partial charge in [0.25, 0.3) is 0 Å². The van der Waals surface area contributed by atoms with E-state index < -0.39 is 0 Å².